The predicted molar refractivity (Wildman–Crippen MR) is 70.3 cm³/mol. The number of nitro benzene ring substituents is 1. The van der Waals surface area contributed by atoms with E-state index in [0.717, 1.165) is 18.2 Å². The van der Waals surface area contributed by atoms with E-state index in [9.17, 15) is 19.3 Å². The van der Waals surface area contributed by atoms with Gasteiger partial charge in [-0.1, -0.05) is 12.1 Å². The van der Waals surface area contributed by atoms with Crippen LogP contribution in [0.4, 0.5) is 10.1 Å². The van der Waals surface area contributed by atoms with Crippen molar-refractivity contribution in [1.29, 1.82) is 0 Å². The lowest BCUT2D eigenvalue weighted by molar-refractivity contribution is -0.385. The van der Waals surface area contributed by atoms with Gasteiger partial charge >= 0.3 is 0 Å². The van der Waals surface area contributed by atoms with Crippen LogP contribution in [0.2, 0.25) is 0 Å². The van der Waals surface area contributed by atoms with E-state index < -0.39 is 22.9 Å². The number of nitro groups is 1. The molecule has 1 amide bonds. The zero-order chi connectivity index (χ0) is 15.0. The molecule has 2 aromatic rings. The lowest BCUT2D eigenvalue weighted by Gasteiger charge is -2.27. The SMILES string of the molecule is O=C1NC(c2cc([N+](=O)[O-])ccc2F)Oc2ccccc21. The van der Waals surface area contributed by atoms with Gasteiger partial charge in [0.1, 0.15) is 11.6 Å². The van der Waals surface area contributed by atoms with E-state index in [0.29, 0.717) is 11.3 Å². The molecule has 1 atom stereocenters. The average Bonchev–Trinajstić information content (AvgIpc) is 2.47. The zero-order valence-corrected chi connectivity index (χ0v) is 10.6. The van der Waals surface area contributed by atoms with Crippen molar-refractivity contribution >= 4 is 11.6 Å². The van der Waals surface area contributed by atoms with Crippen LogP contribution in [-0.4, -0.2) is 10.8 Å². The first kappa shape index (κ1) is 13.0. The Hall–Kier alpha value is -2.96. The minimum atomic E-state index is -1.10. The third kappa shape index (κ3) is 2.29. The van der Waals surface area contributed by atoms with Crippen LogP contribution < -0.4 is 10.1 Å². The third-order valence-electron chi connectivity index (χ3n) is 3.11. The maximum atomic E-state index is 13.9. The standard InChI is InChI=1S/C14H9FN2O4/c15-11-6-5-8(17(19)20)7-10(11)14-16-13(18)9-3-1-2-4-12(9)21-14/h1-7,14H,(H,16,18). The number of ether oxygens (including phenoxy) is 1. The summed E-state index contributed by atoms with van der Waals surface area (Å²) in [7, 11) is 0. The maximum Gasteiger partial charge on any atom is 0.270 e. The van der Waals surface area contributed by atoms with Crippen LogP contribution in [0.25, 0.3) is 0 Å². The van der Waals surface area contributed by atoms with Gasteiger partial charge in [0, 0.05) is 12.1 Å². The van der Waals surface area contributed by atoms with Crippen LogP contribution in [0.3, 0.4) is 0 Å². The molecule has 1 aliphatic rings. The van der Waals surface area contributed by atoms with Crippen molar-refractivity contribution in [2.24, 2.45) is 0 Å². The summed E-state index contributed by atoms with van der Waals surface area (Å²) >= 11 is 0. The van der Waals surface area contributed by atoms with Gasteiger partial charge in [0.2, 0.25) is 6.23 Å². The number of nitrogens with one attached hydrogen (secondary N) is 1. The Kier molecular flexibility index (Phi) is 3.02. The molecule has 0 bridgehead atoms. The predicted octanol–water partition coefficient (Wildman–Crippen LogP) is 2.55. The molecule has 0 spiro atoms. The van der Waals surface area contributed by atoms with Gasteiger partial charge in [-0.25, -0.2) is 4.39 Å². The number of hydrogen-bond acceptors (Lipinski definition) is 4. The highest BCUT2D eigenvalue weighted by atomic mass is 19.1. The minimum Gasteiger partial charge on any atom is -0.465 e. The van der Waals surface area contributed by atoms with E-state index in [1.807, 2.05) is 0 Å². The van der Waals surface area contributed by atoms with Gasteiger partial charge in [0.05, 0.1) is 16.1 Å². The van der Waals surface area contributed by atoms with E-state index in [2.05, 4.69) is 5.32 Å². The average molecular weight is 288 g/mol. The highest BCUT2D eigenvalue weighted by Crippen LogP contribution is 2.31. The van der Waals surface area contributed by atoms with Gasteiger partial charge in [0.15, 0.2) is 0 Å². The molecule has 106 valence electrons. The number of para-hydroxylation sites is 1. The van der Waals surface area contributed by atoms with E-state index in [1.54, 1.807) is 24.3 Å². The number of rotatable bonds is 2. The molecule has 1 unspecified atom stereocenters. The Morgan fingerprint density at radius 1 is 1.24 bits per heavy atom. The highest BCUT2D eigenvalue weighted by Gasteiger charge is 2.29. The van der Waals surface area contributed by atoms with Crippen molar-refractivity contribution in [2.45, 2.75) is 6.23 Å². The second-order valence-corrected chi connectivity index (χ2v) is 4.43. The summed E-state index contributed by atoms with van der Waals surface area (Å²) in [5.41, 5.74) is -0.0326. The van der Waals surface area contributed by atoms with Gasteiger partial charge in [0.25, 0.3) is 11.6 Å². The van der Waals surface area contributed by atoms with Gasteiger partial charge in [-0.05, 0) is 18.2 Å². The summed E-state index contributed by atoms with van der Waals surface area (Å²) in [5.74, 6) is -0.810. The lowest BCUT2D eigenvalue weighted by Crippen LogP contribution is -2.37. The molecule has 3 rings (SSSR count). The number of nitrogens with zero attached hydrogens (tertiary/aromatic N) is 1. The molecule has 7 heteroatoms. The van der Waals surface area contributed by atoms with Crippen molar-refractivity contribution in [1.82, 2.24) is 5.32 Å². The molecule has 0 fully saturated rings. The fourth-order valence-corrected chi connectivity index (χ4v) is 2.10. The van der Waals surface area contributed by atoms with Crippen molar-refractivity contribution in [3.8, 4) is 5.75 Å². The molecule has 2 aromatic carbocycles. The van der Waals surface area contributed by atoms with Crippen molar-refractivity contribution < 1.29 is 18.8 Å². The number of amides is 1. The fourth-order valence-electron chi connectivity index (χ4n) is 2.10. The summed E-state index contributed by atoms with van der Waals surface area (Å²) in [6.45, 7) is 0. The largest absolute Gasteiger partial charge is 0.465 e. The van der Waals surface area contributed by atoms with E-state index in [1.165, 1.54) is 0 Å². The van der Waals surface area contributed by atoms with Crippen LogP contribution in [0.5, 0.6) is 5.75 Å². The quantitative estimate of drug-likeness (QED) is 0.680. The van der Waals surface area contributed by atoms with Crippen LogP contribution >= 0.6 is 0 Å². The van der Waals surface area contributed by atoms with Gasteiger partial charge in [-0.15, -0.1) is 0 Å². The number of halogens is 1. The monoisotopic (exact) mass is 288 g/mol. The van der Waals surface area contributed by atoms with Crippen molar-refractivity contribution in [3.63, 3.8) is 0 Å². The second kappa shape index (κ2) is 4.86. The summed E-state index contributed by atoms with van der Waals surface area (Å²) in [6, 6.07) is 9.59. The normalized spacial score (nSPS) is 16.6. The van der Waals surface area contributed by atoms with Crippen LogP contribution in [0.1, 0.15) is 22.1 Å². The second-order valence-electron chi connectivity index (χ2n) is 4.43. The Bertz CT molecular complexity index is 748. The molecule has 0 aliphatic carbocycles. The zero-order valence-electron chi connectivity index (χ0n) is 10.6. The molecule has 0 radical (unpaired) electrons. The summed E-state index contributed by atoms with van der Waals surface area (Å²) in [6.07, 6.45) is -1.10. The first-order valence-electron chi connectivity index (χ1n) is 6.06. The Balaban J connectivity index is 2.01. The number of non-ortho nitro benzene ring substituents is 1. The molecular weight excluding hydrogens is 279 g/mol. The topological polar surface area (TPSA) is 81.5 Å². The Morgan fingerprint density at radius 2 is 2.00 bits per heavy atom. The molecule has 1 aliphatic heterocycles. The number of carbonyl (C=O) groups is 1. The summed E-state index contributed by atoms with van der Waals surface area (Å²) in [4.78, 5) is 22.1. The smallest absolute Gasteiger partial charge is 0.270 e. The number of fused-ring (bicyclic) bond motifs is 1. The number of carbonyl (C=O) groups excluding carboxylic acids is 1. The molecule has 0 saturated heterocycles. The summed E-state index contributed by atoms with van der Waals surface area (Å²) in [5, 5.41) is 13.2. The fraction of sp³-hybridized carbons (Fsp3) is 0.0714. The number of benzene rings is 2. The summed E-state index contributed by atoms with van der Waals surface area (Å²) < 4.78 is 19.4. The third-order valence-corrected chi connectivity index (χ3v) is 3.11. The first-order chi connectivity index (χ1) is 10.1. The molecule has 6 nitrogen and oxygen atoms in total. The van der Waals surface area contributed by atoms with Crippen LogP contribution in [0, 0.1) is 15.9 Å². The highest BCUT2D eigenvalue weighted by molar-refractivity contribution is 5.98. The molecule has 0 aromatic heterocycles. The van der Waals surface area contributed by atoms with E-state index in [-0.39, 0.29) is 11.3 Å². The van der Waals surface area contributed by atoms with Crippen LogP contribution in [0.15, 0.2) is 42.5 Å². The van der Waals surface area contributed by atoms with Crippen LogP contribution in [-0.2, 0) is 0 Å². The van der Waals surface area contributed by atoms with Crippen molar-refractivity contribution in [2.75, 3.05) is 0 Å². The number of hydrogen-bond donors (Lipinski definition) is 1. The Morgan fingerprint density at radius 3 is 2.76 bits per heavy atom. The molecule has 1 heterocycles. The van der Waals surface area contributed by atoms with Gasteiger partial charge in [-0.3, -0.25) is 14.9 Å². The molecule has 21 heavy (non-hydrogen) atoms. The van der Waals surface area contributed by atoms with Gasteiger partial charge < -0.3 is 10.1 Å². The minimum absolute atomic E-state index is 0.0907. The molecular formula is C14H9FN2O4. The first-order valence-corrected chi connectivity index (χ1v) is 6.06. The van der Waals surface area contributed by atoms with Gasteiger partial charge in [-0.2, -0.15) is 0 Å². The lowest BCUT2D eigenvalue weighted by atomic mass is 10.1. The Labute approximate surface area is 118 Å². The van der Waals surface area contributed by atoms with Crippen molar-refractivity contribution in [3.05, 3.63) is 69.5 Å². The van der Waals surface area contributed by atoms with E-state index in [4.69, 9.17) is 4.74 Å². The maximum absolute atomic E-state index is 13.9. The molecule has 1 N–H and O–H groups in total. The molecule has 0 saturated carbocycles. The van der Waals surface area contributed by atoms with E-state index >= 15 is 0 Å².